The van der Waals surface area contributed by atoms with E-state index in [1.807, 2.05) is 42.5 Å². The zero-order valence-electron chi connectivity index (χ0n) is 24.3. The second-order valence-corrected chi connectivity index (χ2v) is 11.2. The highest BCUT2D eigenvalue weighted by Crippen LogP contribution is 2.27. The number of nitrogens with one attached hydrogen (secondary N) is 2. The zero-order chi connectivity index (χ0) is 30.0. The van der Waals surface area contributed by atoms with Crippen LogP contribution in [0.5, 0.6) is 11.5 Å². The number of esters is 1. The van der Waals surface area contributed by atoms with Gasteiger partial charge in [0, 0.05) is 6.54 Å². The van der Waals surface area contributed by atoms with Gasteiger partial charge in [0.2, 0.25) is 0 Å². The quantitative estimate of drug-likeness (QED) is 0.199. The molecule has 1 unspecified atom stereocenters. The second kappa shape index (κ2) is 14.4. The Bertz CT molecular complexity index is 1310. The fourth-order valence-electron chi connectivity index (χ4n) is 4.43. The highest BCUT2D eigenvalue weighted by molar-refractivity contribution is 5.83. The maximum absolute atomic E-state index is 13.0. The Morgan fingerprint density at radius 2 is 1.43 bits per heavy atom. The van der Waals surface area contributed by atoms with Crippen LogP contribution in [-0.2, 0) is 32.2 Å². The Hall–Kier alpha value is -4.53. The van der Waals surface area contributed by atoms with Gasteiger partial charge in [-0.1, -0.05) is 54.6 Å². The molecule has 1 saturated carbocycles. The van der Waals surface area contributed by atoms with Crippen molar-refractivity contribution in [2.45, 2.75) is 77.4 Å². The van der Waals surface area contributed by atoms with Crippen LogP contribution in [-0.4, -0.2) is 29.9 Å². The van der Waals surface area contributed by atoms with E-state index in [9.17, 15) is 14.4 Å². The van der Waals surface area contributed by atoms with Crippen molar-refractivity contribution in [2.24, 2.45) is 0 Å². The van der Waals surface area contributed by atoms with E-state index in [1.165, 1.54) is 0 Å². The van der Waals surface area contributed by atoms with Gasteiger partial charge >= 0.3 is 18.2 Å². The molecule has 1 aliphatic carbocycles. The van der Waals surface area contributed by atoms with Gasteiger partial charge in [0.25, 0.3) is 0 Å². The molecule has 0 spiro atoms. The number of hydrogen-bond acceptors (Lipinski definition) is 7. The van der Waals surface area contributed by atoms with Gasteiger partial charge < -0.3 is 29.6 Å². The Labute approximate surface area is 246 Å². The molecule has 9 heteroatoms. The van der Waals surface area contributed by atoms with Crippen molar-refractivity contribution in [3.63, 3.8) is 0 Å². The Kier molecular flexibility index (Phi) is 10.4. The van der Waals surface area contributed by atoms with E-state index < -0.39 is 29.8 Å². The molecule has 0 radical (unpaired) electrons. The largest absolute Gasteiger partial charge is 0.461 e. The molecule has 0 bridgehead atoms. The third-order valence-electron chi connectivity index (χ3n) is 6.50. The summed E-state index contributed by atoms with van der Waals surface area (Å²) in [6.07, 6.45) is 2.36. The van der Waals surface area contributed by atoms with E-state index in [4.69, 9.17) is 18.9 Å². The molecule has 0 aliphatic heterocycles. The fraction of sp³-hybridized carbons (Fsp3) is 0.364. The van der Waals surface area contributed by atoms with E-state index in [2.05, 4.69) is 10.6 Å². The maximum atomic E-state index is 13.0. The predicted octanol–water partition coefficient (Wildman–Crippen LogP) is 6.96. The van der Waals surface area contributed by atoms with Crippen molar-refractivity contribution in [1.82, 2.24) is 10.6 Å². The molecule has 222 valence electrons. The molecule has 3 aromatic rings. The molecular formula is C33H38N2O7. The van der Waals surface area contributed by atoms with Crippen molar-refractivity contribution >= 4 is 18.2 Å². The maximum Gasteiger partial charge on any atom is 0.408 e. The molecule has 2 N–H and O–H groups in total. The molecule has 4 rings (SSSR count). The van der Waals surface area contributed by atoms with E-state index in [1.54, 1.807) is 57.2 Å². The summed E-state index contributed by atoms with van der Waals surface area (Å²) in [5.74, 6) is 0.631. The number of carbonyl (C=O) groups excluding carboxylic acids is 3. The molecule has 1 fully saturated rings. The van der Waals surface area contributed by atoms with Crippen LogP contribution in [0.4, 0.5) is 9.59 Å². The Morgan fingerprint density at radius 1 is 0.810 bits per heavy atom. The van der Waals surface area contributed by atoms with Crippen LogP contribution in [0, 0.1) is 0 Å². The molecule has 1 atom stereocenters. The number of carbonyl (C=O) groups is 3. The fourth-order valence-corrected chi connectivity index (χ4v) is 4.43. The van der Waals surface area contributed by atoms with Crippen LogP contribution in [0.3, 0.4) is 0 Å². The van der Waals surface area contributed by atoms with E-state index in [-0.39, 0.29) is 12.7 Å². The summed E-state index contributed by atoms with van der Waals surface area (Å²) < 4.78 is 22.3. The lowest BCUT2D eigenvalue weighted by Crippen LogP contribution is -2.39. The van der Waals surface area contributed by atoms with Gasteiger partial charge in [-0.05, 0) is 87.4 Å². The topological polar surface area (TPSA) is 112 Å². The zero-order valence-corrected chi connectivity index (χ0v) is 24.3. The summed E-state index contributed by atoms with van der Waals surface area (Å²) in [6.45, 7) is 5.79. The smallest absolute Gasteiger partial charge is 0.408 e. The van der Waals surface area contributed by atoms with E-state index >= 15 is 0 Å². The summed E-state index contributed by atoms with van der Waals surface area (Å²) in [7, 11) is 0. The molecule has 9 nitrogen and oxygen atoms in total. The first-order valence-electron chi connectivity index (χ1n) is 14.2. The monoisotopic (exact) mass is 574 g/mol. The normalized spacial score (nSPS) is 14.0. The molecule has 2 amide bonds. The van der Waals surface area contributed by atoms with Crippen LogP contribution >= 0.6 is 0 Å². The standard InChI is InChI=1S/C33H38N2O7/c1-33(2,3)42-32(38)35-29(30(36)41-26-11-7-8-12-26)25-15-19-28(20-16-25)40-27-17-13-23(14-18-27)21-34-31(37)39-22-24-9-5-4-6-10-24/h4-6,9-10,13-20,26,29H,7-8,11-12,21-22H2,1-3H3,(H,34,37)(H,35,38). The Balaban J connectivity index is 1.31. The number of amides is 2. The van der Waals surface area contributed by atoms with E-state index in [0.29, 0.717) is 23.6 Å². The third kappa shape index (κ3) is 9.83. The molecule has 1 aliphatic rings. The van der Waals surface area contributed by atoms with Crippen LogP contribution in [0.1, 0.15) is 69.2 Å². The molecule has 3 aromatic carbocycles. The highest BCUT2D eigenvalue weighted by atomic mass is 16.6. The van der Waals surface area contributed by atoms with Gasteiger partial charge in [-0.3, -0.25) is 0 Å². The van der Waals surface area contributed by atoms with Crippen LogP contribution in [0.2, 0.25) is 0 Å². The first-order chi connectivity index (χ1) is 20.1. The van der Waals surface area contributed by atoms with Gasteiger partial charge in [0.05, 0.1) is 0 Å². The minimum atomic E-state index is -1.01. The average Bonchev–Trinajstić information content (AvgIpc) is 3.47. The van der Waals surface area contributed by atoms with Crippen molar-refractivity contribution in [3.05, 3.63) is 95.6 Å². The van der Waals surface area contributed by atoms with Gasteiger partial charge in [-0.2, -0.15) is 0 Å². The van der Waals surface area contributed by atoms with Crippen molar-refractivity contribution < 1.29 is 33.3 Å². The van der Waals surface area contributed by atoms with Gasteiger partial charge in [0.1, 0.15) is 29.8 Å². The predicted molar refractivity (Wildman–Crippen MR) is 157 cm³/mol. The lowest BCUT2D eigenvalue weighted by atomic mass is 10.1. The summed E-state index contributed by atoms with van der Waals surface area (Å²) in [5.41, 5.74) is 1.64. The van der Waals surface area contributed by atoms with Crippen molar-refractivity contribution in [2.75, 3.05) is 0 Å². The number of benzene rings is 3. The minimum Gasteiger partial charge on any atom is -0.461 e. The van der Waals surface area contributed by atoms with Crippen molar-refractivity contribution in [1.29, 1.82) is 0 Å². The molecular weight excluding hydrogens is 536 g/mol. The number of hydrogen-bond donors (Lipinski definition) is 2. The summed E-state index contributed by atoms with van der Waals surface area (Å²) in [4.78, 5) is 37.6. The molecule has 0 aromatic heterocycles. The minimum absolute atomic E-state index is 0.138. The highest BCUT2D eigenvalue weighted by Gasteiger charge is 2.30. The average molecular weight is 575 g/mol. The van der Waals surface area contributed by atoms with Crippen LogP contribution in [0.25, 0.3) is 0 Å². The number of rotatable bonds is 10. The molecule has 42 heavy (non-hydrogen) atoms. The Morgan fingerprint density at radius 3 is 2.05 bits per heavy atom. The summed E-state index contributed by atoms with van der Waals surface area (Å²) in [5, 5.41) is 5.39. The van der Waals surface area contributed by atoms with Crippen LogP contribution < -0.4 is 15.4 Å². The van der Waals surface area contributed by atoms with Crippen LogP contribution in [0.15, 0.2) is 78.9 Å². The first-order valence-corrected chi connectivity index (χ1v) is 14.2. The number of alkyl carbamates (subject to hydrolysis) is 2. The molecule has 0 heterocycles. The SMILES string of the molecule is CC(C)(C)OC(=O)NC(C(=O)OC1CCCC1)c1ccc(Oc2ccc(CNC(=O)OCc3ccccc3)cc2)cc1. The lowest BCUT2D eigenvalue weighted by Gasteiger charge is -2.24. The summed E-state index contributed by atoms with van der Waals surface area (Å²) in [6, 6.07) is 22.6. The molecule has 0 saturated heterocycles. The van der Waals surface area contributed by atoms with Gasteiger partial charge in [-0.15, -0.1) is 0 Å². The van der Waals surface area contributed by atoms with Gasteiger partial charge in [0.15, 0.2) is 6.04 Å². The third-order valence-corrected chi connectivity index (χ3v) is 6.50. The second-order valence-electron chi connectivity index (χ2n) is 11.2. The number of ether oxygens (including phenoxy) is 4. The lowest BCUT2D eigenvalue weighted by molar-refractivity contribution is -0.151. The summed E-state index contributed by atoms with van der Waals surface area (Å²) >= 11 is 0. The van der Waals surface area contributed by atoms with E-state index in [0.717, 1.165) is 36.8 Å². The van der Waals surface area contributed by atoms with Gasteiger partial charge in [-0.25, -0.2) is 14.4 Å². The van der Waals surface area contributed by atoms with Crippen molar-refractivity contribution in [3.8, 4) is 11.5 Å². The first kappa shape index (κ1) is 30.4.